The summed E-state index contributed by atoms with van der Waals surface area (Å²) in [5.74, 6) is -0.0547. The number of hydrogen-bond acceptors (Lipinski definition) is 6. The number of carbonyl (C=O) groups excluding carboxylic acids is 3. The molecule has 140 valence electrons. The predicted molar refractivity (Wildman–Crippen MR) is 96.7 cm³/mol. The summed E-state index contributed by atoms with van der Waals surface area (Å²) in [5.41, 5.74) is 2.10. The molecule has 2 heterocycles. The van der Waals surface area contributed by atoms with Crippen LogP contribution in [0.3, 0.4) is 0 Å². The van der Waals surface area contributed by atoms with E-state index in [-0.39, 0.29) is 24.5 Å². The molecule has 2 fully saturated rings. The van der Waals surface area contributed by atoms with Crippen molar-refractivity contribution in [2.24, 2.45) is 0 Å². The third-order valence-electron chi connectivity index (χ3n) is 5.30. The van der Waals surface area contributed by atoms with Gasteiger partial charge in [0.1, 0.15) is 12.3 Å². The molecule has 3 rings (SSSR count). The van der Waals surface area contributed by atoms with E-state index in [4.69, 9.17) is 0 Å². The third-order valence-corrected chi connectivity index (χ3v) is 5.30. The number of nitrogens with zero attached hydrogens (tertiary/aromatic N) is 1. The number of nitrogens with one attached hydrogen (secondary N) is 2. The highest BCUT2D eigenvalue weighted by molar-refractivity contribution is 6.01. The zero-order valence-electron chi connectivity index (χ0n) is 14.7. The lowest BCUT2D eigenvalue weighted by Crippen LogP contribution is -2.47. The maximum atomic E-state index is 11.8. The lowest BCUT2D eigenvalue weighted by atomic mass is 9.89. The van der Waals surface area contributed by atoms with Crippen molar-refractivity contribution in [3.8, 4) is 0 Å². The summed E-state index contributed by atoms with van der Waals surface area (Å²) in [6, 6.07) is 7.30. The lowest BCUT2D eigenvalue weighted by Gasteiger charge is -2.34. The number of hydrogen-bond donors (Lipinski definition) is 3. The van der Waals surface area contributed by atoms with E-state index >= 15 is 0 Å². The van der Waals surface area contributed by atoms with E-state index in [0.717, 1.165) is 37.9 Å². The Bertz CT molecular complexity index is 653. The second-order valence-electron chi connectivity index (χ2n) is 6.97. The first-order valence-corrected chi connectivity index (χ1v) is 9.11. The molecular weight excluding hydrogens is 334 g/mol. The maximum absolute atomic E-state index is 11.8. The van der Waals surface area contributed by atoms with Crippen LogP contribution >= 0.6 is 0 Å². The Kier molecular flexibility index (Phi) is 6.00. The van der Waals surface area contributed by atoms with E-state index in [2.05, 4.69) is 22.8 Å². The zero-order valence-corrected chi connectivity index (χ0v) is 14.7. The standard InChI is InChI=1S/C19H25N3O4/c23-11-16(12-24)22-9-7-14(8-10-22)13-1-3-15(4-2-13)20-17-5-6-18(25)21-19(17)26/h1-4,11,14,16-17,20,24H,5-10,12H2,(H,21,25,26). The molecule has 7 nitrogen and oxygen atoms in total. The summed E-state index contributed by atoms with van der Waals surface area (Å²) in [7, 11) is 0. The molecule has 0 radical (unpaired) electrons. The Morgan fingerprint density at radius 2 is 1.88 bits per heavy atom. The number of imide groups is 1. The summed E-state index contributed by atoms with van der Waals surface area (Å²) < 4.78 is 0. The van der Waals surface area contributed by atoms with Gasteiger partial charge in [0, 0.05) is 12.1 Å². The van der Waals surface area contributed by atoms with Crippen LogP contribution in [0.25, 0.3) is 0 Å². The Morgan fingerprint density at radius 1 is 1.19 bits per heavy atom. The smallest absolute Gasteiger partial charge is 0.249 e. The molecule has 2 unspecified atom stereocenters. The fraction of sp³-hybridized carbons (Fsp3) is 0.526. The quantitative estimate of drug-likeness (QED) is 0.509. The molecule has 2 atom stereocenters. The summed E-state index contributed by atoms with van der Waals surface area (Å²) in [6.07, 6.45) is 3.58. The lowest BCUT2D eigenvalue weighted by molar-refractivity contribution is -0.133. The van der Waals surface area contributed by atoms with Crippen molar-refractivity contribution in [3.05, 3.63) is 29.8 Å². The van der Waals surface area contributed by atoms with E-state index in [1.54, 1.807) is 0 Å². The van der Waals surface area contributed by atoms with Crippen LogP contribution in [0.15, 0.2) is 24.3 Å². The van der Waals surface area contributed by atoms with Crippen LogP contribution in [0.2, 0.25) is 0 Å². The number of aliphatic hydroxyl groups excluding tert-OH is 1. The van der Waals surface area contributed by atoms with Gasteiger partial charge in [0.25, 0.3) is 0 Å². The van der Waals surface area contributed by atoms with Gasteiger partial charge in [-0.05, 0) is 56.0 Å². The molecule has 2 aliphatic rings. The predicted octanol–water partition coefficient (Wildman–Crippen LogP) is 0.643. The van der Waals surface area contributed by atoms with Gasteiger partial charge in [-0.25, -0.2) is 0 Å². The largest absolute Gasteiger partial charge is 0.394 e. The van der Waals surface area contributed by atoms with Crippen LogP contribution < -0.4 is 10.6 Å². The molecule has 26 heavy (non-hydrogen) atoms. The van der Waals surface area contributed by atoms with E-state index in [1.807, 2.05) is 17.0 Å². The molecule has 2 amide bonds. The van der Waals surface area contributed by atoms with Crippen molar-refractivity contribution in [2.75, 3.05) is 25.0 Å². The third kappa shape index (κ3) is 4.28. The second kappa shape index (κ2) is 8.42. The second-order valence-corrected chi connectivity index (χ2v) is 6.97. The number of benzene rings is 1. The van der Waals surface area contributed by atoms with Crippen LogP contribution in [0, 0.1) is 0 Å². The fourth-order valence-electron chi connectivity index (χ4n) is 3.69. The van der Waals surface area contributed by atoms with Crippen molar-refractivity contribution >= 4 is 23.8 Å². The van der Waals surface area contributed by atoms with Gasteiger partial charge in [0.2, 0.25) is 11.8 Å². The topological polar surface area (TPSA) is 98.7 Å². The molecular formula is C19H25N3O4. The van der Waals surface area contributed by atoms with Gasteiger partial charge in [0.05, 0.1) is 12.6 Å². The molecule has 1 aromatic rings. The first-order valence-electron chi connectivity index (χ1n) is 9.11. The van der Waals surface area contributed by atoms with Crippen molar-refractivity contribution in [3.63, 3.8) is 0 Å². The van der Waals surface area contributed by atoms with Gasteiger partial charge in [-0.2, -0.15) is 0 Å². The average molecular weight is 359 g/mol. The van der Waals surface area contributed by atoms with E-state index < -0.39 is 6.04 Å². The Hall–Kier alpha value is -2.25. The number of aliphatic hydroxyl groups is 1. The maximum Gasteiger partial charge on any atom is 0.249 e. The number of carbonyl (C=O) groups is 3. The first-order chi connectivity index (χ1) is 12.6. The SMILES string of the molecule is O=CC(CO)N1CCC(c2ccc(NC3CCC(=O)NC3=O)cc2)CC1. The van der Waals surface area contributed by atoms with Crippen LogP contribution in [0.4, 0.5) is 5.69 Å². The number of anilines is 1. The number of amides is 2. The van der Waals surface area contributed by atoms with Gasteiger partial charge in [-0.3, -0.25) is 19.8 Å². The van der Waals surface area contributed by atoms with Crippen molar-refractivity contribution < 1.29 is 19.5 Å². The first kappa shape index (κ1) is 18.5. The van der Waals surface area contributed by atoms with Crippen molar-refractivity contribution in [2.45, 2.75) is 43.7 Å². The highest BCUT2D eigenvalue weighted by Crippen LogP contribution is 2.29. The molecule has 3 N–H and O–H groups in total. The Balaban J connectivity index is 1.54. The van der Waals surface area contributed by atoms with Crippen LogP contribution in [-0.2, 0) is 14.4 Å². The summed E-state index contributed by atoms with van der Waals surface area (Å²) in [6.45, 7) is 1.46. The monoisotopic (exact) mass is 359 g/mol. The molecule has 2 aliphatic heterocycles. The van der Waals surface area contributed by atoms with Crippen molar-refractivity contribution in [1.82, 2.24) is 10.2 Å². The molecule has 7 heteroatoms. The number of rotatable bonds is 6. The summed E-state index contributed by atoms with van der Waals surface area (Å²) in [5, 5.41) is 14.8. The van der Waals surface area contributed by atoms with Crippen molar-refractivity contribution in [1.29, 1.82) is 0 Å². The normalized spacial score (nSPS) is 23.3. The minimum Gasteiger partial charge on any atom is -0.394 e. The van der Waals surface area contributed by atoms with Gasteiger partial charge >= 0.3 is 0 Å². The highest BCUT2D eigenvalue weighted by atomic mass is 16.3. The number of aldehydes is 1. The number of piperidine rings is 2. The molecule has 0 aromatic heterocycles. The van der Waals surface area contributed by atoms with E-state index in [9.17, 15) is 19.5 Å². The van der Waals surface area contributed by atoms with Crippen LogP contribution in [0.1, 0.15) is 37.2 Å². The molecule has 0 saturated carbocycles. The highest BCUT2D eigenvalue weighted by Gasteiger charge is 2.27. The Morgan fingerprint density at radius 3 is 2.46 bits per heavy atom. The van der Waals surface area contributed by atoms with Gasteiger partial charge in [-0.15, -0.1) is 0 Å². The Labute approximate surface area is 152 Å². The molecule has 0 spiro atoms. The fourth-order valence-corrected chi connectivity index (χ4v) is 3.69. The molecule has 1 aromatic carbocycles. The van der Waals surface area contributed by atoms with Gasteiger partial charge in [-0.1, -0.05) is 12.1 Å². The molecule has 0 aliphatic carbocycles. The van der Waals surface area contributed by atoms with E-state index in [0.29, 0.717) is 18.8 Å². The minimum absolute atomic E-state index is 0.130. The summed E-state index contributed by atoms with van der Waals surface area (Å²) >= 11 is 0. The van der Waals surface area contributed by atoms with Gasteiger partial charge in [0.15, 0.2) is 0 Å². The van der Waals surface area contributed by atoms with Crippen LogP contribution in [-0.4, -0.2) is 59.9 Å². The van der Waals surface area contributed by atoms with Gasteiger partial charge < -0.3 is 15.2 Å². The van der Waals surface area contributed by atoms with E-state index in [1.165, 1.54) is 5.56 Å². The van der Waals surface area contributed by atoms with Crippen LogP contribution in [0.5, 0.6) is 0 Å². The zero-order chi connectivity index (χ0) is 18.5. The number of likely N-dealkylation sites (tertiary alicyclic amines) is 1. The minimum atomic E-state index is -0.393. The average Bonchev–Trinajstić information content (AvgIpc) is 2.66. The molecule has 0 bridgehead atoms. The summed E-state index contributed by atoms with van der Waals surface area (Å²) in [4.78, 5) is 36.0. The molecule has 2 saturated heterocycles.